The highest BCUT2D eigenvalue weighted by molar-refractivity contribution is 8.00. The summed E-state index contributed by atoms with van der Waals surface area (Å²) in [6.45, 7) is 0. The molecule has 4 nitrogen and oxygen atoms in total. The lowest BCUT2D eigenvalue weighted by Crippen LogP contribution is -2.12. The summed E-state index contributed by atoms with van der Waals surface area (Å²) in [5, 5.41) is 3.34. The number of halogens is 1. The van der Waals surface area contributed by atoms with E-state index in [-0.39, 0.29) is 11.2 Å². The third-order valence-corrected chi connectivity index (χ3v) is 10.2. The molecule has 214 valence electrons. The highest BCUT2D eigenvalue weighted by Crippen LogP contribution is 2.50. The zero-order valence-corrected chi connectivity index (χ0v) is 25.6. The molecule has 5 aromatic carbocycles. The first kappa shape index (κ1) is 26.4. The van der Waals surface area contributed by atoms with E-state index in [2.05, 4.69) is 114 Å². The van der Waals surface area contributed by atoms with Gasteiger partial charge in [0.25, 0.3) is 0 Å². The van der Waals surface area contributed by atoms with E-state index >= 15 is 0 Å². The maximum absolute atomic E-state index is 6.37. The normalized spacial score (nSPS) is 17.0. The van der Waals surface area contributed by atoms with Gasteiger partial charge in [-0.3, -0.25) is 4.57 Å². The van der Waals surface area contributed by atoms with Crippen LogP contribution in [-0.2, 0) is 0 Å². The predicted octanol–water partition coefficient (Wildman–Crippen LogP) is 10.2. The van der Waals surface area contributed by atoms with Crippen molar-refractivity contribution in [3.05, 3.63) is 156 Å². The fourth-order valence-electron chi connectivity index (χ4n) is 6.53. The highest BCUT2D eigenvalue weighted by atomic mass is 35.5. The first-order valence-electron chi connectivity index (χ1n) is 15.0. The Morgan fingerprint density at radius 1 is 0.622 bits per heavy atom. The summed E-state index contributed by atoms with van der Waals surface area (Å²) < 4.78 is 2.19. The van der Waals surface area contributed by atoms with Gasteiger partial charge in [0, 0.05) is 43.0 Å². The number of benzene rings is 5. The van der Waals surface area contributed by atoms with E-state index in [0.717, 1.165) is 43.5 Å². The first-order valence-corrected chi connectivity index (χ1v) is 16.2. The summed E-state index contributed by atoms with van der Waals surface area (Å²) in [4.78, 5) is 16.6. The van der Waals surface area contributed by atoms with Crippen LogP contribution < -0.4 is 0 Å². The van der Waals surface area contributed by atoms with Crippen molar-refractivity contribution in [2.45, 2.75) is 16.1 Å². The molecule has 3 heterocycles. The molecule has 2 aromatic heterocycles. The Bertz CT molecular complexity index is 2330. The third kappa shape index (κ3) is 4.50. The quantitative estimate of drug-likeness (QED) is 0.197. The lowest BCUT2D eigenvalue weighted by atomic mass is 9.90. The van der Waals surface area contributed by atoms with Crippen molar-refractivity contribution >= 4 is 50.7 Å². The molecule has 2 aliphatic rings. The molecule has 0 N–H and O–H groups in total. The van der Waals surface area contributed by atoms with E-state index in [0.29, 0.717) is 17.6 Å². The predicted molar refractivity (Wildman–Crippen MR) is 186 cm³/mol. The molecule has 0 saturated heterocycles. The zero-order valence-electron chi connectivity index (χ0n) is 24.0. The molecule has 0 spiro atoms. The zero-order chi connectivity index (χ0) is 29.9. The number of thioether (sulfide) groups is 1. The molecule has 0 saturated carbocycles. The molecular formula is C39H25ClN4S. The van der Waals surface area contributed by atoms with E-state index < -0.39 is 0 Å². The van der Waals surface area contributed by atoms with E-state index in [4.69, 9.17) is 26.6 Å². The smallest absolute Gasteiger partial charge is 0.238 e. The van der Waals surface area contributed by atoms with Gasteiger partial charge in [-0.2, -0.15) is 9.97 Å². The molecule has 0 radical (unpaired) electrons. The minimum Gasteiger partial charge on any atom is -0.278 e. The number of hydrogen-bond donors (Lipinski definition) is 0. The Morgan fingerprint density at radius 3 is 2.20 bits per heavy atom. The van der Waals surface area contributed by atoms with Crippen molar-refractivity contribution in [2.24, 2.45) is 0 Å². The van der Waals surface area contributed by atoms with Gasteiger partial charge in [0.1, 0.15) is 0 Å². The molecule has 1 aliphatic heterocycles. The van der Waals surface area contributed by atoms with Crippen molar-refractivity contribution in [3.63, 3.8) is 0 Å². The Balaban J connectivity index is 1.25. The van der Waals surface area contributed by atoms with Gasteiger partial charge in [-0.05, 0) is 47.0 Å². The Morgan fingerprint density at radius 2 is 1.36 bits per heavy atom. The van der Waals surface area contributed by atoms with Gasteiger partial charge in [-0.1, -0.05) is 121 Å². The van der Waals surface area contributed by atoms with Crippen LogP contribution in [0.3, 0.4) is 0 Å². The first-order chi connectivity index (χ1) is 22.2. The van der Waals surface area contributed by atoms with Crippen LogP contribution in [0.4, 0.5) is 0 Å². The van der Waals surface area contributed by atoms with Gasteiger partial charge in [-0.15, -0.1) is 11.8 Å². The molecule has 9 rings (SSSR count). The summed E-state index contributed by atoms with van der Waals surface area (Å²) in [5.41, 5.74) is 7.65. The second-order valence-corrected chi connectivity index (χ2v) is 13.0. The number of para-hydroxylation sites is 1. The number of fused-ring (bicyclic) bond motifs is 6. The summed E-state index contributed by atoms with van der Waals surface area (Å²) >= 11 is 8.24. The summed E-state index contributed by atoms with van der Waals surface area (Å²) in [6.07, 6.45) is 6.73. The van der Waals surface area contributed by atoms with Crippen LogP contribution in [0, 0.1) is 0 Å². The van der Waals surface area contributed by atoms with Gasteiger partial charge in [0.2, 0.25) is 5.95 Å². The summed E-state index contributed by atoms with van der Waals surface area (Å²) in [6, 6.07) is 42.0. The van der Waals surface area contributed by atoms with Gasteiger partial charge < -0.3 is 0 Å². The number of rotatable bonds is 4. The van der Waals surface area contributed by atoms with Crippen molar-refractivity contribution < 1.29 is 0 Å². The Kier molecular flexibility index (Phi) is 6.22. The minimum atomic E-state index is 0.250. The fraction of sp³-hybridized carbons (Fsp3) is 0.0513. The third-order valence-electron chi connectivity index (χ3n) is 8.67. The molecule has 6 heteroatoms. The average Bonchev–Trinajstić information content (AvgIpc) is 3.63. The van der Waals surface area contributed by atoms with E-state index in [1.165, 1.54) is 16.0 Å². The topological polar surface area (TPSA) is 43.6 Å². The molecule has 0 amide bonds. The number of aromatic nitrogens is 4. The molecule has 0 bridgehead atoms. The van der Waals surface area contributed by atoms with E-state index in [1.54, 1.807) is 0 Å². The minimum absolute atomic E-state index is 0.250. The summed E-state index contributed by atoms with van der Waals surface area (Å²) in [5.74, 6) is 2.18. The fourth-order valence-corrected chi connectivity index (χ4v) is 8.08. The van der Waals surface area contributed by atoms with Crippen LogP contribution in [0.15, 0.2) is 144 Å². The van der Waals surface area contributed by atoms with Gasteiger partial charge in [0.15, 0.2) is 11.6 Å². The average molecular weight is 617 g/mol. The molecule has 0 fully saturated rings. The van der Waals surface area contributed by atoms with Crippen molar-refractivity contribution in [2.75, 3.05) is 0 Å². The van der Waals surface area contributed by atoms with Crippen LogP contribution in [0.25, 0.3) is 55.8 Å². The maximum atomic E-state index is 6.37. The lowest BCUT2D eigenvalue weighted by Gasteiger charge is -2.19. The van der Waals surface area contributed by atoms with Crippen molar-refractivity contribution in [1.82, 2.24) is 19.5 Å². The number of nitrogens with zero attached hydrogens (tertiary/aromatic N) is 4. The van der Waals surface area contributed by atoms with Gasteiger partial charge in [-0.25, -0.2) is 4.98 Å². The second-order valence-electron chi connectivity index (χ2n) is 11.4. The molecule has 45 heavy (non-hydrogen) atoms. The summed E-state index contributed by atoms with van der Waals surface area (Å²) in [7, 11) is 0. The Hall–Kier alpha value is -4.97. The number of hydrogen-bond acceptors (Lipinski definition) is 4. The van der Waals surface area contributed by atoms with Crippen LogP contribution in [-0.4, -0.2) is 24.8 Å². The van der Waals surface area contributed by atoms with Crippen molar-refractivity contribution in [3.8, 4) is 28.5 Å². The van der Waals surface area contributed by atoms with E-state index in [1.807, 2.05) is 42.1 Å². The van der Waals surface area contributed by atoms with Crippen LogP contribution >= 0.6 is 23.4 Å². The van der Waals surface area contributed by atoms with E-state index in [9.17, 15) is 0 Å². The van der Waals surface area contributed by atoms with Crippen LogP contribution in [0.1, 0.15) is 17.3 Å². The molecule has 2 atom stereocenters. The molecule has 1 aliphatic carbocycles. The van der Waals surface area contributed by atoms with Crippen molar-refractivity contribution in [1.29, 1.82) is 0 Å². The SMILES string of the molecule is Clc1ccc2c(c1)C1C=CC(c3nc(-c4ccccc4)nc(-n4c5ccccc5c5ccc(-c6ccccc6)cc54)n3)=CC1S2. The van der Waals surface area contributed by atoms with Crippen LogP contribution in [0.2, 0.25) is 5.02 Å². The largest absolute Gasteiger partial charge is 0.278 e. The standard InChI is InChI=1S/C39H25ClN4S/c40-28-17-20-35-32(23-28)31-19-16-27(22-36(31)45-35)38-41-37(25-11-5-2-6-12-25)42-39(43-38)44-33-14-8-7-13-29(33)30-18-15-26(21-34(30)44)24-9-3-1-4-10-24/h1-23,31,36H. The molecular weight excluding hydrogens is 592 g/mol. The van der Waals surface area contributed by atoms with Crippen LogP contribution in [0.5, 0.6) is 0 Å². The monoisotopic (exact) mass is 616 g/mol. The maximum Gasteiger partial charge on any atom is 0.238 e. The second kappa shape index (κ2) is 10.6. The number of allylic oxidation sites excluding steroid dienone is 3. The lowest BCUT2D eigenvalue weighted by molar-refractivity contribution is 0.877. The van der Waals surface area contributed by atoms with Gasteiger partial charge in [0.05, 0.1) is 11.0 Å². The molecule has 2 unspecified atom stereocenters. The highest BCUT2D eigenvalue weighted by Gasteiger charge is 2.33. The Labute approximate surface area is 269 Å². The van der Waals surface area contributed by atoms with Gasteiger partial charge >= 0.3 is 0 Å². The molecule has 7 aromatic rings.